The molecule has 3 aromatic carbocycles. The van der Waals surface area contributed by atoms with Crippen molar-refractivity contribution in [2.45, 2.75) is 25.5 Å². The molecule has 3 N–H and O–H groups in total. The lowest BCUT2D eigenvalue weighted by Crippen LogP contribution is -2.18. The molecular weight excluding hydrogens is 428 g/mol. The Bertz CT molecular complexity index is 1480. The summed E-state index contributed by atoms with van der Waals surface area (Å²) in [5.74, 6) is 1.57. The molecule has 8 nitrogen and oxygen atoms in total. The number of rotatable bonds is 5. The molecule has 2 aromatic heterocycles. The van der Waals surface area contributed by atoms with E-state index in [-0.39, 0.29) is 6.23 Å². The van der Waals surface area contributed by atoms with Crippen molar-refractivity contribution in [2.24, 2.45) is 0 Å². The molecular formula is C26H24N6O2. The molecule has 0 radical (unpaired) electrons. The van der Waals surface area contributed by atoms with Gasteiger partial charge in [0.1, 0.15) is 5.75 Å². The molecule has 5 aromatic rings. The first kappa shape index (κ1) is 20.4. The third kappa shape index (κ3) is 3.88. The molecule has 0 saturated carbocycles. The molecule has 6 rings (SSSR count). The lowest BCUT2D eigenvalue weighted by atomic mass is 10.1. The third-order valence-electron chi connectivity index (χ3n) is 6.04. The van der Waals surface area contributed by atoms with Gasteiger partial charge >= 0.3 is 0 Å². The Kier molecular flexibility index (Phi) is 5.20. The predicted molar refractivity (Wildman–Crippen MR) is 132 cm³/mol. The van der Waals surface area contributed by atoms with E-state index in [1.165, 1.54) is 0 Å². The number of nitrogens with zero attached hydrogens (tertiary/aromatic N) is 4. The Morgan fingerprint density at radius 2 is 1.94 bits per heavy atom. The summed E-state index contributed by atoms with van der Waals surface area (Å²) in [6.45, 7) is 0.785. The predicted octanol–water partition coefficient (Wildman–Crippen LogP) is 5.80. The minimum Gasteiger partial charge on any atom is -0.438 e. The number of nitrogens with one attached hydrogen (secondary N) is 1. The average Bonchev–Trinajstić information content (AvgIpc) is 3.30. The second kappa shape index (κ2) is 8.64. The van der Waals surface area contributed by atoms with Gasteiger partial charge in [0.05, 0.1) is 11.7 Å². The molecule has 170 valence electrons. The molecule has 0 bridgehead atoms. The maximum absolute atomic E-state index is 6.11. The van der Waals surface area contributed by atoms with E-state index in [4.69, 9.17) is 15.2 Å². The summed E-state index contributed by atoms with van der Waals surface area (Å²) in [7, 11) is 0. The zero-order valence-corrected chi connectivity index (χ0v) is 18.5. The molecule has 1 saturated heterocycles. The van der Waals surface area contributed by atoms with Crippen molar-refractivity contribution in [3.8, 4) is 11.6 Å². The van der Waals surface area contributed by atoms with Crippen molar-refractivity contribution in [1.29, 1.82) is 0 Å². The molecule has 1 fully saturated rings. The number of fused-ring (bicyclic) bond motifs is 2. The molecule has 1 atom stereocenters. The van der Waals surface area contributed by atoms with Crippen molar-refractivity contribution < 1.29 is 9.47 Å². The average molecular weight is 453 g/mol. The Morgan fingerprint density at radius 1 is 1.03 bits per heavy atom. The van der Waals surface area contributed by atoms with Crippen LogP contribution in [0.25, 0.3) is 21.7 Å². The molecule has 0 aliphatic carbocycles. The van der Waals surface area contributed by atoms with Crippen LogP contribution in [-0.2, 0) is 4.74 Å². The highest BCUT2D eigenvalue weighted by molar-refractivity contribution is 5.97. The van der Waals surface area contributed by atoms with Crippen LogP contribution in [0.5, 0.6) is 11.6 Å². The Balaban J connectivity index is 1.23. The van der Waals surface area contributed by atoms with Crippen molar-refractivity contribution in [3.63, 3.8) is 0 Å². The Hall–Kier alpha value is -4.17. The molecule has 1 unspecified atom stereocenters. The van der Waals surface area contributed by atoms with Gasteiger partial charge in [0, 0.05) is 46.4 Å². The highest BCUT2D eigenvalue weighted by atomic mass is 16.5. The Labute approximate surface area is 196 Å². The summed E-state index contributed by atoms with van der Waals surface area (Å²) < 4.78 is 14.0. The van der Waals surface area contributed by atoms with E-state index in [0.717, 1.165) is 53.2 Å². The zero-order chi connectivity index (χ0) is 22.9. The number of hydrogen-bond acceptors (Lipinski definition) is 7. The molecule has 1 aliphatic rings. The van der Waals surface area contributed by atoms with Gasteiger partial charge in [-0.05, 0) is 49.6 Å². The largest absolute Gasteiger partial charge is 0.438 e. The van der Waals surface area contributed by atoms with Gasteiger partial charge in [-0.15, -0.1) is 0 Å². The van der Waals surface area contributed by atoms with Crippen molar-refractivity contribution >= 4 is 39.0 Å². The van der Waals surface area contributed by atoms with Crippen LogP contribution in [-0.4, -0.2) is 26.4 Å². The standard InChI is InChI=1S/C26H24N6O2/c27-21-9-11-23(20-6-2-1-5-19(20)21)34-24-12-13-28-26(31-24)30-18-8-10-22-17(15-18)16-29-32(22)25-7-3-4-14-33-25/h1-2,5-6,8-13,15-16,25H,3-4,7,14,27H2,(H,28,30,31). The van der Waals surface area contributed by atoms with Gasteiger partial charge in [0.15, 0.2) is 6.23 Å². The van der Waals surface area contributed by atoms with Crippen LogP contribution < -0.4 is 15.8 Å². The van der Waals surface area contributed by atoms with Gasteiger partial charge in [-0.2, -0.15) is 10.1 Å². The van der Waals surface area contributed by atoms with Gasteiger partial charge in [0.2, 0.25) is 11.8 Å². The molecule has 8 heteroatoms. The first-order chi connectivity index (χ1) is 16.7. The van der Waals surface area contributed by atoms with Crippen LogP contribution in [0.15, 0.2) is 73.1 Å². The molecule has 34 heavy (non-hydrogen) atoms. The first-order valence-electron chi connectivity index (χ1n) is 11.4. The summed E-state index contributed by atoms with van der Waals surface area (Å²) in [6, 6.07) is 19.4. The minimum atomic E-state index is 0.00615. The topological polar surface area (TPSA) is 100 Å². The van der Waals surface area contributed by atoms with Gasteiger partial charge in [-0.3, -0.25) is 0 Å². The molecule has 0 spiro atoms. The highest BCUT2D eigenvalue weighted by Gasteiger charge is 2.18. The number of anilines is 3. The Morgan fingerprint density at radius 3 is 2.82 bits per heavy atom. The van der Waals surface area contributed by atoms with Crippen LogP contribution >= 0.6 is 0 Å². The second-order valence-electron chi connectivity index (χ2n) is 8.33. The fourth-order valence-corrected chi connectivity index (χ4v) is 4.36. The lowest BCUT2D eigenvalue weighted by Gasteiger charge is -2.23. The van der Waals surface area contributed by atoms with Crippen LogP contribution in [0, 0.1) is 0 Å². The lowest BCUT2D eigenvalue weighted by molar-refractivity contribution is -0.0366. The van der Waals surface area contributed by atoms with E-state index < -0.39 is 0 Å². The second-order valence-corrected chi connectivity index (χ2v) is 8.33. The van der Waals surface area contributed by atoms with E-state index in [1.54, 1.807) is 12.3 Å². The highest BCUT2D eigenvalue weighted by Crippen LogP contribution is 2.33. The van der Waals surface area contributed by atoms with Gasteiger partial charge in [-0.25, -0.2) is 9.67 Å². The zero-order valence-electron chi connectivity index (χ0n) is 18.5. The van der Waals surface area contributed by atoms with E-state index in [9.17, 15) is 0 Å². The summed E-state index contributed by atoms with van der Waals surface area (Å²) in [6.07, 6.45) is 6.80. The van der Waals surface area contributed by atoms with Crippen LogP contribution in [0.3, 0.4) is 0 Å². The number of nitrogen functional groups attached to an aromatic ring is 1. The smallest absolute Gasteiger partial charge is 0.230 e. The molecule has 0 amide bonds. The van der Waals surface area contributed by atoms with E-state index in [1.807, 2.05) is 65.5 Å². The van der Waals surface area contributed by atoms with Gasteiger partial charge < -0.3 is 20.5 Å². The maximum Gasteiger partial charge on any atom is 0.230 e. The number of aromatic nitrogens is 4. The van der Waals surface area contributed by atoms with E-state index in [2.05, 4.69) is 20.4 Å². The summed E-state index contributed by atoms with van der Waals surface area (Å²) >= 11 is 0. The molecule has 3 heterocycles. The van der Waals surface area contributed by atoms with Crippen molar-refractivity contribution in [1.82, 2.24) is 19.7 Å². The first-order valence-corrected chi connectivity index (χ1v) is 11.4. The fourth-order valence-electron chi connectivity index (χ4n) is 4.36. The normalized spacial score (nSPS) is 16.1. The number of hydrogen-bond donors (Lipinski definition) is 2. The fraction of sp³-hybridized carbons (Fsp3) is 0.192. The maximum atomic E-state index is 6.11. The quantitative estimate of drug-likeness (QED) is 0.325. The van der Waals surface area contributed by atoms with Crippen LogP contribution in [0.2, 0.25) is 0 Å². The number of benzene rings is 3. The summed E-state index contributed by atoms with van der Waals surface area (Å²) in [5.41, 5.74) is 8.73. The summed E-state index contributed by atoms with van der Waals surface area (Å²) in [5, 5.41) is 10.7. The third-order valence-corrected chi connectivity index (χ3v) is 6.04. The number of ether oxygens (including phenoxy) is 2. The van der Waals surface area contributed by atoms with Crippen LogP contribution in [0.4, 0.5) is 17.3 Å². The van der Waals surface area contributed by atoms with E-state index >= 15 is 0 Å². The van der Waals surface area contributed by atoms with Crippen molar-refractivity contribution in [3.05, 3.63) is 73.1 Å². The molecule has 1 aliphatic heterocycles. The number of nitrogens with two attached hydrogens (primary N) is 1. The van der Waals surface area contributed by atoms with E-state index in [0.29, 0.717) is 23.3 Å². The monoisotopic (exact) mass is 452 g/mol. The minimum absolute atomic E-state index is 0.00615. The van der Waals surface area contributed by atoms with Gasteiger partial charge in [0.25, 0.3) is 0 Å². The van der Waals surface area contributed by atoms with Crippen molar-refractivity contribution in [2.75, 3.05) is 17.7 Å². The van der Waals surface area contributed by atoms with Gasteiger partial charge in [-0.1, -0.05) is 24.3 Å². The van der Waals surface area contributed by atoms with Crippen LogP contribution in [0.1, 0.15) is 25.5 Å². The SMILES string of the molecule is Nc1ccc(Oc2ccnc(Nc3ccc4c(cnn4C4CCCCO4)c3)n2)c2ccccc12. The summed E-state index contributed by atoms with van der Waals surface area (Å²) in [4.78, 5) is 8.88.